The zero-order valence-electron chi connectivity index (χ0n) is 12.8. The third kappa shape index (κ3) is 3.53. The number of nitrogens with zero attached hydrogens (tertiary/aromatic N) is 2. The molecule has 1 aromatic carbocycles. The number of benzene rings is 1. The third-order valence-corrected chi connectivity index (χ3v) is 4.00. The molecule has 2 N–H and O–H groups in total. The van der Waals surface area contributed by atoms with Gasteiger partial charge in [-0.1, -0.05) is 39.8 Å². The average molecular weight is 350 g/mol. The smallest absolute Gasteiger partial charge is 0.238 e. The molecule has 0 atom stereocenters. The molecule has 0 radical (unpaired) electrons. The normalized spacial score (nSPS) is 11.5. The van der Waals surface area contributed by atoms with Crippen LogP contribution in [-0.2, 0) is 11.8 Å². The van der Waals surface area contributed by atoms with Crippen LogP contribution in [0.2, 0.25) is 0 Å². The van der Waals surface area contributed by atoms with Crippen molar-refractivity contribution >= 4 is 21.7 Å². The monoisotopic (exact) mass is 349 g/mol. The minimum Gasteiger partial charge on any atom is -0.437 e. The predicted octanol–water partition coefficient (Wildman–Crippen LogP) is 4.47. The van der Waals surface area contributed by atoms with Crippen molar-refractivity contribution in [1.82, 2.24) is 9.97 Å². The van der Waals surface area contributed by atoms with Crippen molar-refractivity contribution in [2.45, 2.75) is 39.5 Å². The van der Waals surface area contributed by atoms with Crippen LogP contribution in [0.4, 0.5) is 5.82 Å². The minimum atomic E-state index is -0.0223. The van der Waals surface area contributed by atoms with Gasteiger partial charge in [0.1, 0.15) is 22.4 Å². The van der Waals surface area contributed by atoms with Gasteiger partial charge in [0.2, 0.25) is 5.88 Å². The molecule has 4 nitrogen and oxygen atoms in total. The highest BCUT2D eigenvalue weighted by molar-refractivity contribution is 9.10. The van der Waals surface area contributed by atoms with Gasteiger partial charge in [-0.05, 0) is 39.4 Å². The number of ether oxygens (including phenoxy) is 1. The first kappa shape index (κ1) is 15.8. The molecule has 1 heterocycles. The largest absolute Gasteiger partial charge is 0.437 e. The molecule has 0 aliphatic heterocycles. The van der Waals surface area contributed by atoms with Crippen LogP contribution in [0.3, 0.4) is 0 Å². The molecule has 5 heteroatoms. The van der Waals surface area contributed by atoms with Crippen molar-refractivity contribution in [3.63, 3.8) is 0 Å². The Morgan fingerprint density at radius 1 is 1.24 bits per heavy atom. The molecule has 0 saturated heterocycles. The van der Waals surface area contributed by atoms with Gasteiger partial charge < -0.3 is 10.5 Å². The van der Waals surface area contributed by atoms with Crippen LogP contribution in [0.1, 0.15) is 38.8 Å². The summed E-state index contributed by atoms with van der Waals surface area (Å²) in [6.07, 6.45) is 2.39. The van der Waals surface area contributed by atoms with Crippen LogP contribution in [0.25, 0.3) is 0 Å². The van der Waals surface area contributed by atoms with E-state index in [1.165, 1.54) is 11.9 Å². The van der Waals surface area contributed by atoms with E-state index >= 15 is 0 Å². The summed E-state index contributed by atoms with van der Waals surface area (Å²) in [7, 11) is 0. The zero-order valence-corrected chi connectivity index (χ0v) is 14.4. The summed E-state index contributed by atoms with van der Waals surface area (Å²) in [4.78, 5) is 8.06. The van der Waals surface area contributed by atoms with Gasteiger partial charge in [-0.2, -0.15) is 0 Å². The number of hydrogen-bond donors (Lipinski definition) is 1. The van der Waals surface area contributed by atoms with Crippen molar-refractivity contribution in [3.8, 4) is 11.6 Å². The average Bonchev–Trinajstić information content (AvgIpc) is 2.43. The van der Waals surface area contributed by atoms with Crippen molar-refractivity contribution in [2.24, 2.45) is 0 Å². The molecule has 0 aliphatic rings. The van der Waals surface area contributed by atoms with Gasteiger partial charge >= 0.3 is 0 Å². The van der Waals surface area contributed by atoms with E-state index in [-0.39, 0.29) is 5.41 Å². The Bertz CT molecular complexity index is 650. The van der Waals surface area contributed by atoms with Gasteiger partial charge in [0.15, 0.2) is 0 Å². The van der Waals surface area contributed by atoms with E-state index in [9.17, 15) is 0 Å². The third-order valence-electron chi connectivity index (χ3n) is 3.25. The molecule has 1 aromatic heterocycles. The minimum absolute atomic E-state index is 0.0223. The molecule has 0 bridgehead atoms. The van der Waals surface area contributed by atoms with Crippen LogP contribution in [0, 0.1) is 0 Å². The molecule has 0 unspecified atom stereocenters. The fourth-order valence-corrected chi connectivity index (χ4v) is 2.30. The molecule has 21 heavy (non-hydrogen) atoms. The maximum Gasteiger partial charge on any atom is 0.238 e. The molecule has 0 saturated carbocycles. The predicted molar refractivity (Wildman–Crippen MR) is 88.7 cm³/mol. The molecular formula is C16H20BrN3O. The SMILES string of the molecule is CCc1ccc(Oc2ncnc(N)c2Br)c(C(C)(C)C)c1. The number of halogens is 1. The van der Waals surface area contributed by atoms with Crippen LogP contribution < -0.4 is 10.5 Å². The zero-order chi connectivity index (χ0) is 15.6. The first-order chi connectivity index (χ1) is 9.82. The van der Waals surface area contributed by atoms with Gasteiger partial charge in [0, 0.05) is 5.56 Å². The number of aryl methyl sites for hydroxylation is 1. The lowest BCUT2D eigenvalue weighted by molar-refractivity contribution is 0.436. The van der Waals surface area contributed by atoms with Gasteiger partial charge in [-0.15, -0.1) is 0 Å². The van der Waals surface area contributed by atoms with Gasteiger partial charge in [0.25, 0.3) is 0 Å². The van der Waals surface area contributed by atoms with Crippen molar-refractivity contribution < 1.29 is 4.74 Å². The van der Waals surface area contributed by atoms with E-state index in [1.807, 2.05) is 6.07 Å². The van der Waals surface area contributed by atoms with Crippen molar-refractivity contribution in [1.29, 1.82) is 0 Å². The Morgan fingerprint density at radius 2 is 1.95 bits per heavy atom. The van der Waals surface area contributed by atoms with E-state index < -0.39 is 0 Å². The summed E-state index contributed by atoms with van der Waals surface area (Å²) >= 11 is 3.37. The number of hydrogen-bond acceptors (Lipinski definition) is 4. The van der Waals surface area contributed by atoms with Crippen molar-refractivity contribution in [2.75, 3.05) is 5.73 Å². The summed E-state index contributed by atoms with van der Waals surface area (Å²) in [5.74, 6) is 1.58. The molecule has 0 fully saturated rings. The van der Waals surface area contributed by atoms with E-state index in [4.69, 9.17) is 10.5 Å². The van der Waals surface area contributed by atoms with Gasteiger partial charge in [-0.25, -0.2) is 9.97 Å². The summed E-state index contributed by atoms with van der Waals surface area (Å²) in [6.45, 7) is 8.64. The Morgan fingerprint density at radius 3 is 2.57 bits per heavy atom. The first-order valence-corrected chi connectivity index (χ1v) is 7.69. The summed E-state index contributed by atoms with van der Waals surface area (Å²) in [6, 6.07) is 6.25. The lowest BCUT2D eigenvalue weighted by atomic mass is 9.85. The molecule has 2 rings (SSSR count). The van der Waals surface area contributed by atoms with E-state index in [1.54, 1.807) is 0 Å². The van der Waals surface area contributed by atoms with Gasteiger partial charge in [-0.3, -0.25) is 0 Å². The number of rotatable bonds is 3. The van der Waals surface area contributed by atoms with Gasteiger partial charge in [0.05, 0.1) is 0 Å². The van der Waals surface area contributed by atoms with Crippen molar-refractivity contribution in [3.05, 3.63) is 40.1 Å². The fourth-order valence-electron chi connectivity index (χ4n) is 2.01. The molecular weight excluding hydrogens is 330 g/mol. The highest BCUT2D eigenvalue weighted by Crippen LogP contribution is 2.37. The highest BCUT2D eigenvalue weighted by atomic mass is 79.9. The number of anilines is 1. The lowest BCUT2D eigenvalue weighted by Gasteiger charge is -2.23. The van der Waals surface area contributed by atoms with E-state index in [0.29, 0.717) is 16.2 Å². The quantitative estimate of drug-likeness (QED) is 0.887. The highest BCUT2D eigenvalue weighted by Gasteiger charge is 2.21. The maximum atomic E-state index is 5.97. The topological polar surface area (TPSA) is 61.0 Å². The molecule has 2 aromatic rings. The van der Waals surface area contributed by atoms with Crippen LogP contribution in [0.15, 0.2) is 29.0 Å². The Labute approximate surface area is 133 Å². The number of nitrogen functional groups attached to an aromatic ring is 1. The molecule has 0 spiro atoms. The second kappa shape index (κ2) is 6.02. The second-order valence-corrected chi connectivity index (χ2v) is 6.71. The molecule has 0 amide bonds. The van der Waals surface area contributed by atoms with Crippen LogP contribution in [0.5, 0.6) is 11.6 Å². The number of aromatic nitrogens is 2. The maximum absolute atomic E-state index is 5.97. The van der Waals surface area contributed by atoms with Crippen LogP contribution in [-0.4, -0.2) is 9.97 Å². The summed E-state index contributed by atoms with van der Waals surface area (Å²) in [5, 5.41) is 0. The lowest BCUT2D eigenvalue weighted by Crippen LogP contribution is -2.13. The summed E-state index contributed by atoms with van der Waals surface area (Å²) < 4.78 is 6.54. The van der Waals surface area contributed by atoms with E-state index in [2.05, 4.69) is 65.7 Å². The molecule has 112 valence electrons. The summed E-state index contributed by atoms with van der Waals surface area (Å²) in [5.41, 5.74) is 8.17. The Kier molecular flexibility index (Phi) is 4.52. The van der Waals surface area contributed by atoms with E-state index in [0.717, 1.165) is 17.7 Å². The molecule has 0 aliphatic carbocycles. The Balaban J connectivity index is 2.46. The fraction of sp³-hybridized carbons (Fsp3) is 0.375. The van der Waals surface area contributed by atoms with Crippen LogP contribution >= 0.6 is 15.9 Å². The Hall–Kier alpha value is -1.62. The second-order valence-electron chi connectivity index (χ2n) is 5.91. The number of nitrogens with two attached hydrogens (primary N) is 1. The first-order valence-electron chi connectivity index (χ1n) is 6.90. The standard InChI is InChI=1S/C16H20BrN3O/c1-5-10-6-7-12(11(8-10)16(2,3)4)21-15-13(17)14(18)19-9-20-15/h6-9H,5H2,1-4H3,(H2,18,19,20).